The second-order valence-corrected chi connectivity index (χ2v) is 8.05. The van der Waals surface area contributed by atoms with Gasteiger partial charge in [-0.3, -0.25) is 0 Å². The summed E-state index contributed by atoms with van der Waals surface area (Å²) in [5.74, 6) is 0.890. The molecule has 170 valence electrons. The Bertz CT molecular complexity index is 1100. The van der Waals surface area contributed by atoms with Gasteiger partial charge in [-0.2, -0.15) is 0 Å². The quantitative estimate of drug-likeness (QED) is 0.278. The van der Waals surface area contributed by atoms with Crippen molar-refractivity contribution in [2.45, 2.75) is 26.8 Å². The second-order valence-electron chi connectivity index (χ2n) is 8.05. The van der Waals surface area contributed by atoms with Gasteiger partial charge < -0.3 is 9.64 Å². The average molecular weight is 441 g/mol. The first kappa shape index (κ1) is 22.7. The van der Waals surface area contributed by atoms with E-state index in [1.54, 1.807) is 0 Å². The summed E-state index contributed by atoms with van der Waals surface area (Å²) in [5.41, 5.74) is 5.22. The number of hydrogen-bond donors (Lipinski definition) is 0. The van der Waals surface area contributed by atoms with Gasteiger partial charge in [-0.1, -0.05) is 79.7 Å². The summed E-state index contributed by atoms with van der Waals surface area (Å²) in [6, 6.07) is 28.9. The molecule has 0 aliphatic rings. The highest BCUT2D eigenvalue weighted by Crippen LogP contribution is 2.31. The molecule has 1 aromatic heterocycles. The number of benzene rings is 3. The fraction of sp³-hybridized carbons (Fsp3) is 0.286. The Morgan fingerprint density at radius 1 is 0.788 bits per heavy atom. The van der Waals surface area contributed by atoms with Crippen molar-refractivity contribution in [3.05, 3.63) is 90.5 Å². The molecule has 0 amide bonds. The van der Waals surface area contributed by atoms with E-state index in [-0.39, 0.29) is 0 Å². The third-order valence-corrected chi connectivity index (χ3v) is 5.87. The molecule has 0 unspecified atom stereocenters. The molecule has 0 radical (unpaired) electrons. The highest BCUT2D eigenvalue weighted by atomic mass is 16.5. The van der Waals surface area contributed by atoms with Crippen molar-refractivity contribution < 1.29 is 4.74 Å². The fourth-order valence-electron chi connectivity index (χ4n) is 3.98. The molecule has 0 aliphatic carbocycles. The minimum absolute atomic E-state index is 0.666. The Balaban J connectivity index is 1.54. The minimum Gasteiger partial charge on any atom is -0.494 e. The normalized spacial score (nSPS) is 11.1. The Hall–Kier alpha value is -3.44. The SMILES string of the molecule is CCN(CC)CCCOc1ccc(-c2c(-c3ccccc3)nnn2Cc2ccccc2)cc1. The molecule has 4 aromatic rings. The lowest BCUT2D eigenvalue weighted by Crippen LogP contribution is -2.25. The first-order chi connectivity index (χ1) is 16.3. The molecule has 5 heteroatoms. The van der Waals surface area contributed by atoms with E-state index in [9.17, 15) is 0 Å². The van der Waals surface area contributed by atoms with Crippen LogP contribution in [0.1, 0.15) is 25.8 Å². The largest absolute Gasteiger partial charge is 0.494 e. The van der Waals surface area contributed by atoms with Gasteiger partial charge in [0.25, 0.3) is 0 Å². The molecule has 0 bridgehead atoms. The van der Waals surface area contributed by atoms with Crippen LogP contribution in [0.2, 0.25) is 0 Å². The van der Waals surface area contributed by atoms with Crippen molar-refractivity contribution in [1.29, 1.82) is 0 Å². The van der Waals surface area contributed by atoms with Gasteiger partial charge in [-0.25, -0.2) is 4.68 Å². The minimum atomic E-state index is 0.666. The number of hydrogen-bond acceptors (Lipinski definition) is 4. The molecule has 0 N–H and O–H groups in total. The highest BCUT2D eigenvalue weighted by Gasteiger charge is 2.17. The molecule has 3 aromatic carbocycles. The van der Waals surface area contributed by atoms with Crippen LogP contribution >= 0.6 is 0 Å². The van der Waals surface area contributed by atoms with Gasteiger partial charge >= 0.3 is 0 Å². The Labute approximate surface area is 196 Å². The third-order valence-electron chi connectivity index (χ3n) is 5.87. The molecule has 0 saturated heterocycles. The van der Waals surface area contributed by atoms with Crippen molar-refractivity contribution in [3.63, 3.8) is 0 Å². The van der Waals surface area contributed by atoms with Gasteiger partial charge in [0.2, 0.25) is 0 Å². The molecule has 0 atom stereocenters. The molecule has 0 spiro atoms. The molecule has 0 aliphatic heterocycles. The zero-order valence-corrected chi connectivity index (χ0v) is 19.5. The van der Waals surface area contributed by atoms with E-state index in [0.717, 1.165) is 60.9 Å². The zero-order valence-electron chi connectivity index (χ0n) is 19.5. The van der Waals surface area contributed by atoms with Crippen molar-refractivity contribution >= 4 is 0 Å². The second kappa shape index (κ2) is 11.4. The summed E-state index contributed by atoms with van der Waals surface area (Å²) in [5, 5.41) is 9.06. The van der Waals surface area contributed by atoms with Crippen LogP contribution in [-0.4, -0.2) is 46.1 Å². The van der Waals surface area contributed by atoms with E-state index >= 15 is 0 Å². The predicted molar refractivity (Wildman–Crippen MR) is 134 cm³/mol. The summed E-state index contributed by atoms with van der Waals surface area (Å²) in [4.78, 5) is 2.42. The molecule has 33 heavy (non-hydrogen) atoms. The van der Waals surface area contributed by atoms with E-state index < -0.39 is 0 Å². The Morgan fingerprint density at radius 3 is 2.12 bits per heavy atom. The number of nitrogens with zero attached hydrogens (tertiary/aromatic N) is 4. The van der Waals surface area contributed by atoms with Crippen LogP contribution in [0.5, 0.6) is 5.75 Å². The van der Waals surface area contributed by atoms with Crippen LogP contribution < -0.4 is 4.74 Å². The predicted octanol–water partition coefficient (Wildman–Crippen LogP) is 5.77. The van der Waals surface area contributed by atoms with E-state index in [2.05, 4.69) is 77.6 Å². The Morgan fingerprint density at radius 2 is 1.45 bits per heavy atom. The fourth-order valence-corrected chi connectivity index (χ4v) is 3.98. The summed E-state index contributed by atoms with van der Waals surface area (Å²) in [6.07, 6.45) is 1.02. The van der Waals surface area contributed by atoms with Crippen LogP contribution in [0.3, 0.4) is 0 Å². The van der Waals surface area contributed by atoms with E-state index in [0.29, 0.717) is 6.54 Å². The molecule has 5 nitrogen and oxygen atoms in total. The van der Waals surface area contributed by atoms with Gasteiger partial charge in [0.05, 0.1) is 18.8 Å². The van der Waals surface area contributed by atoms with Gasteiger partial charge in [-0.05, 0) is 49.3 Å². The van der Waals surface area contributed by atoms with Crippen LogP contribution in [0.15, 0.2) is 84.9 Å². The number of ether oxygens (including phenoxy) is 1. The molecule has 0 fully saturated rings. The van der Waals surface area contributed by atoms with Gasteiger partial charge in [-0.15, -0.1) is 5.10 Å². The molecular weight excluding hydrogens is 408 g/mol. The number of rotatable bonds is 11. The Kier molecular flexibility index (Phi) is 7.88. The van der Waals surface area contributed by atoms with Gasteiger partial charge in [0.15, 0.2) is 0 Å². The van der Waals surface area contributed by atoms with Gasteiger partial charge in [0.1, 0.15) is 11.4 Å². The first-order valence-electron chi connectivity index (χ1n) is 11.8. The molecular formula is C28H32N4O. The number of aromatic nitrogens is 3. The monoisotopic (exact) mass is 440 g/mol. The van der Waals surface area contributed by atoms with E-state index in [4.69, 9.17) is 4.74 Å². The average Bonchev–Trinajstić information content (AvgIpc) is 3.29. The summed E-state index contributed by atoms with van der Waals surface area (Å²) in [6.45, 7) is 9.02. The topological polar surface area (TPSA) is 43.2 Å². The lowest BCUT2D eigenvalue weighted by molar-refractivity contribution is 0.249. The standard InChI is InChI=1S/C28H32N4O/c1-3-31(4-2)20-11-21-33-26-18-16-25(17-19-26)28-27(24-14-9-6-10-15-24)29-30-32(28)22-23-12-7-5-8-13-23/h5-10,12-19H,3-4,11,20-22H2,1-2H3. The maximum atomic E-state index is 5.99. The van der Waals surface area contributed by atoms with Crippen LogP contribution in [-0.2, 0) is 6.54 Å². The molecule has 0 saturated carbocycles. The smallest absolute Gasteiger partial charge is 0.121 e. The maximum Gasteiger partial charge on any atom is 0.121 e. The van der Waals surface area contributed by atoms with Crippen molar-refractivity contribution in [1.82, 2.24) is 19.9 Å². The van der Waals surface area contributed by atoms with Crippen LogP contribution in [0, 0.1) is 0 Å². The van der Waals surface area contributed by atoms with Crippen molar-refractivity contribution in [2.24, 2.45) is 0 Å². The van der Waals surface area contributed by atoms with Gasteiger partial charge in [0, 0.05) is 17.7 Å². The lowest BCUT2D eigenvalue weighted by atomic mass is 10.0. The van der Waals surface area contributed by atoms with Crippen molar-refractivity contribution in [2.75, 3.05) is 26.2 Å². The van der Waals surface area contributed by atoms with E-state index in [1.807, 2.05) is 41.1 Å². The maximum absolute atomic E-state index is 5.99. The summed E-state index contributed by atoms with van der Waals surface area (Å²) < 4.78 is 7.98. The highest BCUT2D eigenvalue weighted by molar-refractivity contribution is 5.78. The summed E-state index contributed by atoms with van der Waals surface area (Å²) >= 11 is 0. The first-order valence-corrected chi connectivity index (χ1v) is 11.8. The molecule has 1 heterocycles. The van der Waals surface area contributed by atoms with Crippen LogP contribution in [0.4, 0.5) is 0 Å². The third kappa shape index (κ3) is 5.88. The van der Waals surface area contributed by atoms with Crippen molar-refractivity contribution in [3.8, 4) is 28.3 Å². The molecule has 4 rings (SSSR count). The summed E-state index contributed by atoms with van der Waals surface area (Å²) in [7, 11) is 0. The lowest BCUT2D eigenvalue weighted by Gasteiger charge is -2.17. The van der Waals surface area contributed by atoms with Crippen LogP contribution in [0.25, 0.3) is 22.5 Å². The zero-order chi connectivity index (χ0) is 22.9. The van der Waals surface area contributed by atoms with E-state index in [1.165, 1.54) is 5.56 Å².